The number of H-pyrrole nitrogens is 1. The van der Waals surface area contributed by atoms with Crippen LogP contribution in [0.4, 0.5) is 0 Å². The van der Waals surface area contributed by atoms with Gasteiger partial charge in [-0.05, 0) is 49.1 Å². The van der Waals surface area contributed by atoms with Crippen LogP contribution in [0, 0.1) is 0 Å². The molecule has 1 atom stereocenters. The maximum Gasteiger partial charge on any atom is 0.274 e. The molecule has 0 saturated carbocycles. The Balaban J connectivity index is 1.42. The predicted octanol–water partition coefficient (Wildman–Crippen LogP) is 2.61. The molecule has 8 heteroatoms. The number of oxazole rings is 1. The average molecular weight is 393 g/mol. The maximum absolute atomic E-state index is 13.0. The summed E-state index contributed by atoms with van der Waals surface area (Å²) in [5, 5.41) is 3.03. The monoisotopic (exact) mass is 393 g/mol. The van der Waals surface area contributed by atoms with Gasteiger partial charge in [-0.15, -0.1) is 0 Å². The van der Waals surface area contributed by atoms with E-state index >= 15 is 0 Å². The molecule has 0 spiro atoms. The number of carbonyl (C=O) groups is 1. The van der Waals surface area contributed by atoms with Gasteiger partial charge < -0.3 is 24.2 Å². The molecule has 0 radical (unpaired) electrons. The Kier molecular flexibility index (Phi) is 4.31. The number of pyridine rings is 1. The molecule has 1 aromatic carbocycles. The van der Waals surface area contributed by atoms with Gasteiger partial charge in [-0.25, -0.2) is 4.98 Å². The summed E-state index contributed by atoms with van der Waals surface area (Å²) < 4.78 is 16.7. The lowest BCUT2D eigenvalue weighted by Gasteiger charge is -2.25. The number of amides is 1. The van der Waals surface area contributed by atoms with Gasteiger partial charge in [-0.1, -0.05) is 0 Å². The van der Waals surface area contributed by atoms with Crippen molar-refractivity contribution in [1.29, 1.82) is 0 Å². The highest BCUT2D eigenvalue weighted by molar-refractivity contribution is 5.98. The fourth-order valence-electron chi connectivity index (χ4n) is 3.87. The molecule has 1 unspecified atom stereocenters. The fraction of sp³-hybridized carbons (Fsp3) is 0.286. The molecule has 2 N–H and O–H groups in total. The number of nitrogens with zero attached hydrogens (tertiary/aromatic N) is 1. The van der Waals surface area contributed by atoms with Crippen molar-refractivity contribution in [3.8, 4) is 22.8 Å². The number of ether oxygens (including phenoxy) is 2. The maximum atomic E-state index is 13.0. The molecule has 3 aromatic rings. The molecule has 3 heterocycles. The van der Waals surface area contributed by atoms with Gasteiger partial charge in [0.1, 0.15) is 13.2 Å². The van der Waals surface area contributed by atoms with Gasteiger partial charge in [0.15, 0.2) is 29.3 Å². The van der Waals surface area contributed by atoms with Gasteiger partial charge in [0.25, 0.3) is 5.91 Å². The average Bonchev–Trinajstić information content (AvgIpc) is 3.23. The molecule has 8 nitrogen and oxygen atoms in total. The second-order valence-electron chi connectivity index (χ2n) is 7.06. The van der Waals surface area contributed by atoms with Crippen molar-refractivity contribution in [3.63, 3.8) is 0 Å². The molecule has 0 bridgehead atoms. The molecular formula is C21H19N3O5. The molecule has 2 aliphatic rings. The van der Waals surface area contributed by atoms with Crippen LogP contribution in [-0.4, -0.2) is 29.1 Å². The third-order valence-electron chi connectivity index (χ3n) is 5.22. The first-order valence-electron chi connectivity index (χ1n) is 9.55. The first-order chi connectivity index (χ1) is 14.2. The molecule has 1 aliphatic carbocycles. The van der Waals surface area contributed by atoms with Crippen molar-refractivity contribution in [2.24, 2.45) is 0 Å². The standard InChI is InChI=1S/C21H19N3O5/c25-18-7-5-13-14(23-18)2-1-3-15(13)24-21(26)19-20(29-11-22-19)12-4-6-16-17(10-12)28-9-8-27-16/h4-7,10-11,15H,1-3,8-9H2,(H,23,25)(H,24,26). The highest BCUT2D eigenvalue weighted by atomic mass is 16.6. The van der Waals surface area contributed by atoms with E-state index in [0.29, 0.717) is 36.0 Å². The van der Waals surface area contributed by atoms with Gasteiger partial charge in [0.2, 0.25) is 5.56 Å². The van der Waals surface area contributed by atoms with E-state index in [1.807, 2.05) is 6.07 Å². The Morgan fingerprint density at radius 1 is 1.14 bits per heavy atom. The number of hydrogen-bond donors (Lipinski definition) is 2. The second-order valence-corrected chi connectivity index (χ2v) is 7.06. The number of rotatable bonds is 3. The minimum atomic E-state index is -0.326. The molecular weight excluding hydrogens is 374 g/mol. The molecule has 0 fully saturated rings. The van der Waals surface area contributed by atoms with Gasteiger partial charge in [0, 0.05) is 17.3 Å². The summed E-state index contributed by atoms with van der Waals surface area (Å²) in [5.41, 5.74) is 2.58. The Hall–Kier alpha value is -3.55. The lowest BCUT2D eigenvalue weighted by Crippen LogP contribution is -2.32. The van der Waals surface area contributed by atoms with Crippen LogP contribution in [0.2, 0.25) is 0 Å². The summed E-state index contributed by atoms with van der Waals surface area (Å²) in [6.07, 6.45) is 3.73. The molecule has 1 amide bonds. The highest BCUT2D eigenvalue weighted by Gasteiger charge is 2.26. The normalized spacial score (nSPS) is 17.4. The van der Waals surface area contributed by atoms with E-state index in [-0.39, 0.29) is 23.2 Å². The topological polar surface area (TPSA) is 106 Å². The Morgan fingerprint density at radius 2 is 2.00 bits per heavy atom. The Morgan fingerprint density at radius 3 is 2.90 bits per heavy atom. The van der Waals surface area contributed by atoms with E-state index in [1.165, 1.54) is 12.5 Å². The van der Waals surface area contributed by atoms with Crippen LogP contribution in [0.3, 0.4) is 0 Å². The minimum Gasteiger partial charge on any atom is -0.486 e. The highest BCUT2D eigenvalue weighted by Crippen LogP contribution is 2.36. The fourth-order valence-corrected chi connectivity index (χ4v) is 3.87. The van der Waals surface area contributed by atoms with Crippen LogP contribution in [0.25, 0.3) is 11.3 Å². The molecule has 148 valence electrons. The predicted molar refractivity (Wildman–Crippen MR) is 103 cm³/mol. The molecule has 0 saturated heterocycles. The quantitative estimate of drug-likeness (QED) is 0.708. The molecule has 2 aromatic heterocycles. The lowest BCUT2D eigenvalue weighted by atomic mass is 9.91. The van der Waals surface area contributed by atoms with Crippen LogP contribution < -0.4 is 20.3 Å². The smallest absolute Gasteiger partial charge is 0.274 e. The van der Waals surface area contributed by atoms with Crippen molar-refractivity contribution in [2.45, 2.75) is 25.3 Å². The van der Waals surface area contributed by atoms with E-state index in [9.17, 15) is 9.59 Å². The van der Waals surface area contributed by atoms with Crippen molar-refractivity contribution < 1.29 is 18.7 Å². The first-order valence-corrected chi connectivity index (χ1v) is 9.55. The summed E-state index contributed by atoms with van der Waals surface area (Å²) in [4.78, 5) is 31.5. The third-order valence-corrected chi connectivity index (χ3v) is 5.22. The second kappa shape index (κ2) is 7.12. The number of carbonyl (C=O) groups excluding carboxylic acids is 1. The van der Waals surface area contributed by atoms with Crippen molar-refractivity contribution in [1.82, 2.24) is 15.3 Å². The third kappa shape index (κ3) is 3.26. The van der Waals surface area contributed by atoms with Crippen molar-refractivity contribution in [3.05, 3.63) is 64.0 Å². The van der Waals surface area contributed by atoms with E-state index < -0.39 is 0 Å². The number of fused-ring (bicyclic) bond motifs is 2. The van der Waals surface area contributed by atoms with Gasteiger partial charge >= 0.3 is 0 Å². The summed E-state index contributed by atoms with van der Waals surface area (Å²) in [6, 6.07) is 8.47. The van der Waals surface area contributed by atoms with E-state index in [2.05, 4.69) is 15.3 Å². The number of aryl methyl sites for hydroxylation is 1. The molecule has 29 heavy (non-hydrogen) atoms. The van der Waals surface area contributed by atoms with Crippen LogP contribution >= 0.6 is 0 Å². The molecule has 5 rings (SSSR count). The summed E-state index contributed by atoms with van der Waals surface area (Å²) in [5.74, 6) is 1.32. The summed E-state index contributed by atoms with van der Waals surface area (Å²) in [7, 11) is 0. The summed E-state index contributed by atoms with van der Waals surface area (Å²) >= 11 is 0. The SMILES string of the molecule is O=C(NC1CCCc2[nH]c(=O)ccc21)c1ncoc1-c1ccc2c(c1)OCCO2. The first kappa shape index (κ1) is 17.5. The van der Waals surface area contributed by atoms with E-state index in [1.54, 1.807) is 18.2 Å². The number of nitrogens with one attached hydrogen (secondary N) is 2. The van der Waals surface area contributed by atoms with Crippen LogP contribution in [0.1, 0.15) is 40.6 Å². The van der Waals surface area contributed by atoms with Gasteiger partial charge in [0.05, 0.1) is 6.04 Å². The number of benzene rings is 1. The van der Waals surface area contributed by atoms with Crippen LogP contribution in [-0.2, 0) is 6.42 Å². The van der Waals surface area contributed by atoms with Crippen LogP contribution in [0.15, 0.2) is 45.9 Å². The largest absolute Gasteiger partial charge is 0.486 e. The van der Waals surface area contributed by atoms with E-state index in [4.69, 9.17) is 13.9 Å². The lowest BCUT2D eigenvalue weighted by molar-refractivity contribution is 0.0928. The summed E-state index contributed by atoms with van der Waals surface area (Å²) in [6.45, 7) is 0.986. The zero-order valence-corrected chi connectivity index (χ0v) is 15.6. The Bertz CT molecular complexity index is 1130. The Labute approximate surface area is 165 Å². The van der Waals surface area contributed by atoms with Crippen molar-refractivity contribution >= 4 is 5.91 Å². The van der Waals surface area contributed by atoms with Crippen LogP contribution in [0.5, 0.6) is 11.5 Å². The van der Waals surface area contributed by atoms with Crippen molar-refractivity contribution in [2.75, 3.05) is 13.2 Å². The van der Waals surface area contributed by atoms with E-state index in [0.717, 1.165) is 30.5 Å². The number of aromatic amines is 1. The zero-order valence-electron chi connectivity index (χ0n) is 15.6. The molecule has 1 aliphatic heterocycles. The van der Waals surface area contributed by atoms with Gasteiger partial charge in [-0.3, -0.25) is 9.59 Å². The zero-order chi connectivity index (χ0) is 19.8. The number of hydrogen-bond acceptors (Lipinski definition) is 6. The van der Waals surface area contributed by atoms with Gasteiger partial charge in [-0.2, -0.15) is 0 Å². The minimum absolute atomic E-state index is 0.131. The number of aromatic nitrogens is 2.